The summed E-state index contributed by atoms with van der Waals surface area (Å²) in [5, 5.41) is 13.1. The van der Waals surface area contributed by atoms with Crippen molar-refractivity contribution in [2.75, 3.05) is 0 Å². The Hall–Kier alpha value is -3.40. The first kappa shape index (κ1) is 22.3. The quantitative estimate of drug-likeness (QED) is 0.385. The maximum absolute atomic E-state index is 13.9. The third-order valence-electron chi connectivity index (χ3n) is 4.21. The van der Waals surface area contributed by atoms with Crippen LogP contribution in [0.5, 0.6) is 5.75 Å². The van der Waals surface area contributed by atoms with Crippen LogP contribution in [0.1, 0.15) is 32.6 Å². The number of ether oxygens (including phenoxy) is 1. The minimum absolute atomic E-state index is 0.117. The average molecular weight is 456 g/mol. The van der Waals surface area contributed by atoms with E-state index in [1.54, 1.807) is 18.2 Å². The van der Waals surface area contributed by atoms with E-state index in [-0.39, 0.29) is 21.2 Å². The zero-order valence-electron chi connectivity index (χ0n) is 16.3. The van der Waals surface area contributed by atoms with Gasteiger partial charge in [-0.2, -0.15) is 10.4 Å². The second-order valence-corrected chi connectivity index (χ2v) is 7.41. The maximum Gasteiger partial charge on any atom is 0.274 e. The predicted molar refractivity (Wildman–Crippen MR) is 118 cm³/mol. The summed E-state index contributed by atoms with van der Waals surface area (Å²) in [6, 6.07) is 16.4. The molecule has 3 rings (SSSR count). The highest BCUT2D eigenvalue weighted by Gasteiger charge is 2.12. The standard InChI is InChI=1S/C23H16Cl2FN3O2/c1-14-3-2-4-16(7-14)13-31-22-19(24)8-17(9-20(22)25)12-28-29-23(30)18-6-5-15(11-27)10-21(18)26/h2-10,12H,13H2,1H3,(H,29,30)/b28-12-. The monoisotopic (exact) mass is 455 g/mol. The SMILES string of the molecule is Cc1cccc(COc2c(Cl)cc(/C=N\NC(=O)c3ccc(C#N)cc3F)cc2Cl)c1. The van der Waals surface area contributed by atoms with E-state index in [0.717, 1.165) is 17.2 Å². The van der Waals surface area contributed by atoms with Crippen LogP contribution in [-0.4, -0.2) is 12.1 Å². The van der Waals surface area contributed by atoms with Gasteiger partial charge in [-0.3, -0.25) is 4.79 Å². The smallest absolute Gasteiger partial charge is 0.274 e. The van der Waals surface area contributed by atoms with Gasteiger partial charge in [0, 0.05) is 0 Å². The maximum atomic E-state index is 13.9. The minimum atomic E-state index is -0.812. The molecule has 0 radical (unpaired) electrons. The van der Waals surface area contributed by atoms with Gasteiger partial charge in [-0.1, -0.05) is 53.0 Å². The highest BCUT2D eigenvalue weighted by atomic mass is 35.5. The Labute approximate surface area is 188 Å². The molecule has 0 aromatic heterocycles. The van der Waals surface area contributed by atoms with E-state index in [0.29, 0.717) is 17.9 Å². The summed E-state index contributed by atoms with van der Waals surface area (Å²) in [7, 11) is 0. The molecule has 0 aliphatic rings. The number of nitrogens with zero attached hydrogens (tertiary/aromatic N) is 2. The van der Waals surface area contributed by atoms with Crippen LogP contribution in [0, 0.1) is 24.1 Å². The Morgan fingerprint density at radius 3 is 2.58 bits per heavy atom. The van der Waals surface area contributed by atoms with Crippen LogP contribution < -0.4 is 10.2 Å². The van der Waals surface area contributed by atoms with Gasteiger partial charge >= 0.3 is 0 Å². The highest BCUT2D eigenvalue weighted by Crippen LogP contribution is 2.34. The summed E-state index contributed by atoms with van der Waals surface area (Å²) < 4.78 is 19.6. The fourth-order valence-electron chi connectivity index (χ4n) is 2.74. The Morgan fingerprint density at radius 1 is 1.19 bits per heavy atom. The Balaban J connectivity index is 1.66. The number of nitrogens with one attached hydrogen (secondary N) is 1. The van der Waals surface area contributed by atoms with Crippen molar-refractivity contribution in [2.24, 2.45) is 5.10 Å². The van der Waals surface area contributed by atoms with E-state index < -0.39 is 11.7 Å². The van der Waals surface area contributed by atoms with Crippen molar-refractivity contribution < 1.29 is 13.9 Å². The summed E-state index contributed by atoms with van der Waals surface area (Å²) in [6.45, 7) is 2.30. The van der Waals surface area contributed by atoms with E-state index in [4.69, 9.17) is 33.2 Å². The van der Waals surface area contributed by atoms with Gasteiger partial charge in [0.25, 0.3) is 5.91 Å². The van der Waals surface area contributed by atoms with Gasteiger partial charge in [-0.15, -0.1) is 0 Å². The molecule has 31 heavy (non-hydrogen) atoms. The molecule has 0 unspecified atom stereocenters. The normalized spacial score (nSPS) is 10.7. The zero-order chi connectivity index (χ0) is 22.4. The molecule has 0 saturated carbocycles. The van der Waals surface area contributed by atoms with Gasteiger partial charge in [0.2, 0.25) is 0 Å². The van der Waals surface area contributed by atoms with Crippen molar-refractivity contribution in [3.63, 3.8) is 0 Å². The number of nitriles is 1. The number of rotatable bonds is 6. The average Bonchev–Trinajstić information content (AvgIpc) is 2.73. The van der Waals surface area contributed by atoms with Crippen molar-refractivity contribution >= 4 is 35.3 Å². The Morgan fingerprint density at radius 2 is 1.94 bits per heavy atom. The molecule has 3 aromatic rings. The number of halogens is 3. The van der Waals surface area contributed by atoms with Gasteiger partial charge in [0.1, 0.15) is 12.4 Å². The molecule has 3 aromatic carbocycles. The molecule has 0 bridgehead atoms. The number of carbonyl (C=O) groups excluding carboxylic acids is 1. The van der Waals surface area contributed by atoms with Gasteiger partial charge in [-0.05, 0) is 48.4 Å². The summed E-state index contributed by atoms with van der Waals surface area (Å²) in [4.78, 5) is 12.1. The number of aryl methyl sites for hydroxylation is 1. The molecule has 0 aliphatic carbocycles. The summed E-state index contributed by atoms with van der Waals surface area (Å²) in [6.07, 6.45) is 1.32. The lowest BCUT2D eigenvalue weighted by Gasteiger charge is -2.11. The van der Waals surface area contributed by atoms with Crippen molar-refractivity contribution in [2.45, 2.75) is 13.5 Å². The number of hydrogen-bond donors (Lipinski definition) is 1. The molecule has 0 fully saturated rings. The summed E-state index contributed by atoms with van der Waals surface area (Å²) >= 11 is 12.6. The van der Waals surface area contributed by atoms with Crippen LogP contribution in [-0.2, 0) is 6.61 Å². The molecule has 0 heterocycles. The summed E-state index contributed by atoms with van der Waals surface area (Å²) in [5.41, 5.74) is 4.72. The molecular weight excluding hydrogens is 440 g/mol. The first-order valence-electron chi connectivity index (χ1n) is 9.08. The fourth-order valence-corrected chi connectivity index (χ4v) is 3.36. The lowest BCUT2D eigenvalue weighted by atomic mass is 10.1. The van der Waals surface area contributed by atoms with Gasteiger partial charge in [-0.25, -0.2) is 9.82 Å². The fraction of sp³-hybridized carbons (Fsp3) is 0.0870. The van der Waals surface area contributed by atoms with Crippen LogP contribution in [0.25, 0.3) is 0 Å². The minimum Gasteiger partial charge on any atom is -0.486 e. The number of hydrazone groups is 1. The molecule has 0 atom stereocenters. The second-order valence-electron chi connectivity index (χ2n) is 6.60. The van der Waals surface area contributed by atoms with E-state index >= 15 is 0 Å². The van der Waals surface area contributed by atoms with Crippen molar-refractivity contribution in [3.05, 3.63) is 98.3 Å². The van der Waals surface area contributed by atoms with E-state index in [2.05, 4.69) is 10.5 Å². The number of hydrogen-bond acceptors (Lipinski definition) is 4. The molecule has 0 spiro atoms. The van der Waals surface area contributed by atoms with E-state index in [1.807, 2.05) is 31.2 Å². The second kappa shape index (κ2) is 10.1. The van der Waals surface area contributed by atoms with Gasteiger partial charge in [0.05, 0.1) is 33.5 Å². The van der Waals surface area contributed by atoms with Gasteiger partial charge < -0.3 is 4.74 Å². The third-order valence-corrected chi connectivity index (χ3v) is 4.77. The lowest BCUT2D eigenvalue weighted by Crippen LogP contribution is -2.19. The van der Waals surface area contributed by atoms with Crippen LogP contribution in [0.15, 0.2) is 59.7 Å². The Kier molecular flexibility index (Phi) is 7.24. The molecule has 1 amide bonds. The molecule has 5 nitrogen and oxygen atoms in total. The molecule has 0 saturated heterocycles. The zero-order valence-corrected chi connectivity index (χ0v) is 17.8. The lowest BCUT2D eigenvalue weighted by molar-refractivity contribution is 0.0951. The third kappa shape index (κ3) is 5.82. The van der Waals surface area contributed by atoms with Crippen LogP contribution in [0.3, 0.4) is 0 Å². The molecule has 1 N–H and O–H groups in total. The van der Waals surface area contributed by atoms with Crippen molar-refractivity contribution in [1.29, 1.82) is 5.26 Å². The number of carbonyl (C=O) groups is 1. The predicted octanol–water partition coefficient (Wildman–Crippen LogP) is 5.66. The van der Waals surface area contributed by atoms with Crippen LogP contribution >= 0.6 is 23.2 Å². The van der Waals surface area contributed by atoms with Crippen LogP contribution in [0.4, 0.5) is 4.39 Å². The van der Waals surface area contributed by atoms with E-state index in [9.17, 15) is 9.18 Å². The molecule has 156 valence electrons. The Bertz CT molecular complexity index is 1180. The topological polar surface area (TPSA) is 74.5 Å². The number of benzene rings is 3. The van der Waals surface area contributed by atoms with Crippen LogP contribution in [0.2, 0.25) is 10.0 Å². The first-order chi connectivity index (χ1) is 14.9. The number of amides is 1. The van der Waals surface area contributed by atoms with E-state index in [1.165, 1.54) is 18.3 Å². The summed E-state index contributed by atoms with van der Waals surface area (Å²) in [5.74, 6) is -1.23. The van der Waals surface area contributed by atoms with Crippen molar-refractivity contribution in [1.82, 2.24) is 5.43 Å². The largest absolute Gasteiger partial charge is 0.486 e. The molecular formula is C23H16Cl2FN3O2. The molecule has 8 heteroatoms. The van der Waals surface area contributed by atoms with Crippen molar-refractivity contribution in [3.8, 4) is 11.8 Å². The first-order valence-corrected chi connectivity index (χ1v) is 9.83. The molecule has 0 aliphatic heterocycles. The highest BCUT2D eigenvalue weighted by molar-refractivity contribution is 6.37. The van der Waals surface area contributed by atoms with Gasteiger partial charge in [0.15, 0.2) is 5.75 Å².